The van der Waals surface area contributed by atoms with E-state index in [2.05, 4.69) is 5.32 Å². The Morgan fingerprint density at radius 1 is 1.20 bits per heavy atom. The van der Waals surface area contributed by atoms with Crippen molar-refractivity contribution >= 4 is 36.1 Å². The van der Waals surface area contributed by atoms with E-state index < -0.39 is 36.2 Å². The van der Waals surface area contributed by atoms with Crippen LogP contribution in [0.5, 0.6) is 0 Å². The number of rotatable bonds is 9. The topological polar surface area (TPSA) is 127 Å². The molecule has 1 aliphatic carbocycles. The summed E-state index contributed by atoms with van der Waals surface area (Å²) < 4.78 is 4.94. The van der Waals surface area contributed by atoms with Crippen LogP contribution in [0.3, 0.4) is 0 Å². The number of carbonyl (C=O) groups excluding carboxylic acids is 6. The standard InChI is InChI=1S/C16H22N2O7/c1-9(21)17-14-5-13(15(14)18(3)10(2)22)16(24)25-8-12(23)4-11(6-19)7-20/h6-7,11,13-15H,4-5,8H2,1-3H3,(H,17,21). The van der Waals surface area contributed by atoms with Gasteiger partial charge in [0.25, 0.3) is 0 Å². The number of hydrogen-bond acceptors (Lipinski definition) is 7. The molecular weight excluding hydrogens is 332 g/mol. The maximum absolute atomic E-state index is 12.2. The number of nitrogens with zero attached hydrogens (tertiary/aromatic N) is 1. The van der Waals surface area contributed by atoms with Gasteiger partial charge in [0, 0.05) is 27.3 Å². The van der Waals surface area contributed by atoms with Gasteiger partial charge in [-0.05, 0) is 6.42 Å². The van der Waals surface area contributed by atoms with Crippen LogP contribution in [0, 0.1) is 11.8 Å². The molecule has 0 heterocycles. The van der Waals surface area contributed by atoms with E-state index in [1.54, 1.807) is 0 Å². The van der Waals surface area contributed by atoms with Gasteiger partial charge >= 0.3 is 5.97 Å². The number of ketones is 1. The third-order valence-electron chi connectivity index (χ3n) is 4.16. The van der Waals surface area contributed by atoms with Gasteiger partial charge in [0.2, 0.25) is 11.8 Å². The van der Waals surface area contributed by atoms with Crippen LogP contribution in [0.4, 0.5) is 0 Å². The maximum Gasteiger partial charge on any atom is 0.311 e. The van der Waals surface area contributed by atoms with Crippen LogP contribution in [0.1, 0.15) is 26.7 Å². The molecule has 3 atom stereocenters. The van der Waals surface area contributed by atoms with Gasteiger partial charge in [-0.1, -0.05) is 0 Å². The molecule has 138 valence electrons. The lowest BCUT2D eigenvalue weighted by molar-refractivity contribution is -0.162. The zero-order valence-corrected chi connectivity index (χ0v) is 14.4. The van der Waals surface area contributed by atoms with Crippen LogP contribution < -0.4 is 5.32 Å². The first-order chi connectivity index (χ1) is 11.7. The predicted molar refractivity (Wildman–Crippen MR) is 84.1 cm³/mol. The summed E-state index contributed by atoms with van der Waals surface area (Å²) in [5.74, 6) is -3.47. The molecule has 0 aromatic rings. The Labute approximate surface area is 145 Å². The first kappa shape index (κ1) is 20.5. The molecule has 9 heteroatoms. The zero-order valence-electron chi connectivity index (χ0n) is 14.4. The molecular formula is C16H22N2O7. The second-order valence-electron chi connectivity index (χ2n) is 6.06. The highest BCUT2D eigenvalue weighted by Crippen LogP contribution is 2.33. The highest BCUT2D eigenvalue weighted by atomic mass is 16.5. The molecule has 1 fully saturated rings. The molecule has 25 heavy (non-hydrogen) atoms. The van der Waals surface area contributed by atoms with Crippen LogP contribution >= 0.6 is 0 Å². The van der Waals surface area contributed by atoms with Crippen molar-refractivity contribution in [1.82, 2.24) is 10.2 Å². The summed E-state index contributed by atoms with van der Waals surface area (Å²) in [5, 5.41) is 2.67. The van der Waals surface area contributed by atoms with E-state index in [1.165, 1.54) is 25.8 Å². The first-order valence-corrected chi connectivity index (χ1v) is 7.80. The van der Waals surface area contributed by atoms with Crippen LogP contribution in [-0.2, 0) is 33.5 Å². The third-order valence-corrected chi connectivity index (χ3v) is 4.16. The molecule has 0 aromatic carbocycles. The van der Waals surface area contributed by atoms with Gasteiger partial charge in [0.15, 0.2) is 5.78 Å². The molecule has 3 unspecified atom stereocenters. The van der Waals surface area contributed by atoms with Crippen molar-refractivity contribution in [2.24, 2.45) is 11.8 Å². The number of carbonyl (C=O) groups is 6. The molecule has 1 rings (SSSR count). The van der Waals surface area contributed by atoms with E-state index in [4.69, 9.17) is 4.74 Å². The summed E-state index contributed by atoms with van der Waals surface area (Å²) in [4.78, 5) is 68.9. The summed E-state index contributed by atoms with van der Waals surface area (Å²) in [6.45, 7) is 2.13. The quantitative estimate of drug-likeness (QED) is 0.315. The van der Waals surface area contributed by atoms with Crippen LogP contribution in [-0.4, -0.2) is 66.8 Å². The molecule has 1 N–H and O–H groups in total. The molecule has 1 saturated carbocycles. The van der Waals surface area contributed by atoms with E-state index in [1.807, 2.05) is 0 Å². The van der Waals surface area contributed by atoms with Crippen LogP contribution in [0.25, 0.3) is 0 Å². The summed E-state index contributed by atoms with van der Waals surface area (Å²) in [6, 6.07) is -0.921. The number of Topliss-reactive ketones (excluding diaryl/α,β-unsaturated/α-hetero) is 1. The molecule has 0 radical (unpaired) electrons. The minimum Gasteiger partial charge on any atom is -0.457 e. The van der Waals surface area contributed by atoms with Crippen molar-refractivity contribution in [3.8, 4) is 0 Å². The Morgan fingerprint density at radius 2 is 1.80 bits per heavy atom. The predicted octanol–water partition coefficient (Wildman–Crippen LogP) is -1.13. The van der Waals surface area contributed by atoms with E-state index in [0.717, 1.165) is 0 Å². The van der Waals surface area contributed by atoms with Gasteiger partial charge < -0.3 is 24.5 Å². The smallest absolute Gasteiger partial charge is 0.311 e. The van der Waals surface area contributed by atoms with Crippen LogP contribution in [0.15, 0.2) is 0 Å². The van der Waals surface area contributed by atoms with Gasteiger partial charge in [-0.15, -0.1) is 0 Å². The number of esters is 1. The van der Waals surface area contributed by atoms with E-state index >= 15 is 0 Å². The lowest BCUT2D eigenvalue weighted by atomic mass is 9.73. The molecule has 0 bridgehead atoms. The van der Waals surface area contributed by atoms with Gasteiger partial charge in [-0.3, -0.25) is 19.2 Å². The average Bonchev–Trinajstić information content (AvgIpc) is 2.53. The average molecular weight is 354 g/mol. The number of nitrogens with one attached hydrogen (secondary N) is 1. The molecule has 0 spiro atoms. The number of likely N-dealkylation sites (N-methyl/N-ethyl adjacent to an activating group) is 1. The van der Waals surface area contributed by atoms with Crippen molar-refractivity contribution in [2.75, 3.05) is 13.7 Å². The monoisotopic (exact) mass is 354 g/mol. The maximum atomic E-state index is 12.2. The molecule has 0 saturated heterocycles. The largest absolute Gasteiger partial charge is 0.457 e. The minimum atomic E-state index is -1.05. The lowest BCUT2D eigenvalue weighted by Gasteiger charge is -2.47. The third kappa shape index (κ3) is 5.47. The Bertz CT molecular complexity index is 567. The van der Waals surface area contributed by atoms with Crippen molar-refractivity contribution in [3.05, 3.63) is 0 Å². The van der Waals surface area contributed by atoms with Gasteiger partial charge in [-0.2, -0.15) is 0 Å². The Balaban J connectivity index is 2.62. The van der Waals surface area contributed by atoms with Gasteiger partial charge in [0.1, 0.15) is 19.2 Å². The zero-order chi connectivity index (χ0) is 19.1. The van der Waals surface area contributed by atoms with E-state index in [-0.39, 0.29) is 24.3 Å². The highest BCUT2D eigenvalue weighted by molar-refractivity contribution is 5.90. The summed E-state index contributed by atoms with van der Waals surface area (Å²) in [6.07, 6.45) is 0.680. The fraction of sp³-hybridized carbons (Fsp3) is 0.625. The second-order valence-corrected chi connectivity index (χ2v) is 6.06. The Morgan fingerprint density at radius 3 is 2.28 bits per heavy atom. The molecule has 0 aliphatic heterocycles. The van der Waals surface area contributed by atoms with E-state index in [0.29, 0.717) is 19.0 Å². The summed E-state index contributed by atoms with van der Waals surface area (Å²) >= 11 is 0. The lowest BCUT2D eigenvalue weighted by Crippen LogP contribution is -2.65. The summed E-state index contributed by atoms with van der Waals surface area (Å²) in [5.41, 5.74) is 0. The van der Waals surface area contributed by atoms with Crippen LogP contribution in [0.2, 0.25) is 0 Å². The highest BCUT2D eigenvalue weighted by Gasteiger charge is 2.49. The van der Waals surface area contributed by atoms with Crippen molar-refractivity contribution < 1.29 is 33.5 Å². The van der Waals surface area contributed by atoms with Gasteiger partial charge in [-0.25, -0.2) is 0 Å². The molecule has 1 aliphatic rings. The normalized spacial score (nSPS) is 21.7. The van der Waals surface area contributed by atoms with E-state index in [9.17, 15) is 28.8 Å². The summed E-state index contributed by atoms with van der Waals surface area (Å²) in [7, 11) is 1.52. The van der Waals surface area contributed by atoms with Crippen molar-refractivity contribution in [2.45, 2.75) is 38.8 Å². The van der Waals surface area contributed by atoms with Gasteiger partial charge in [0.05, 0.1) is 23.9 Å². The second kappa shape index (κ2) is 9.05. The first-order valence-electron chi connectivity index (χ1n) is 7.80. The molecule has 2 amide bonds. The number of aldehydes is 2. The Kier molecular flexibility index (Phi) is 7.41. The van der Waals surface area contributed by atoms with Crippen molar-refractivity contribution in [3.63, 3.8) is 0 Å². The molecule has 9 nitrogen and oxygen atoms in total. The number of hydrogen-bond donors (Lipinski definition) is 1. The SMILES string of the molecule is CC(=O)NC1CC(C(=O)OCC(=O)CC(C=O)C=O)C1N(C)C(C)=O. The minimum absolute atomic E-state index is 0.270. The Hall–Kier alpha value is -2.58. The number of amides is 2. The molecule has 0 aromatic heterocycles. The fourth-order valence-corrected chi connectivity index (χ4v) is 2.74. The number of ether oxygens (including phenoxy) is 1. The van der Waals surface area contributed by atoms with Crippen molar-refractivity contribution in [1.29, 1.82) is 0 Å². The fourth-order valence-electron chi connectivity index (χ4n) is 2.74.